The average Bonchev–Trinajstić information content (AvgIpc) is 2.46. The third-order valence-corrected chi connectivity index (χ3v) is 2.72. The highest BCUT2D eigenvalue weighted by Gasteiger charge is 1.99. The second kappa shape index (κ2) is 2.58. The van der Waals surface area contributed by atoms with E-state index in [1.807, 2.05) is 12.3 Å². The quantitative estimate of drug-likeness (QED) is 0.646. The summed E-state index contributed by atoms with van der Waals surface area (Å²) in [5, 5.41) is 1.19. The molecule has 0 saturated carbocycles. The Morgan fingerprint density at radius 2 is 2.45 bits per heavy atom. The summed E-state index contributed by atoms with van der Waals surface area (Å²) in [7, 11) is 0. The molecule has 2 nitrogen and oxygen atoms in total. The maximum Gasteiger partial charge on any atom is 0.0998 e. The zero-order valence-electron chi connectivity index (χ0n) is 6.24. The molecule has 0 aromatic carbocycles. The molecule has 0 N–H and O–H groups in total. The van der Waals surface area contributed by atoms with Crippen LogP contribution in [0, 0.1) is 0 Å². The average molecular weight is 164 g/mol. The van der Waals surface area contributed by atoms with Crippen molar-refractivity contribution in [3.8, 4) is 0 Å². The highest BCUT2D eigenvalue weighted by atomic mass is 32.1. The van der Waals surface area contributed by atoms with Gasteiger partial charge >= 0.3 is 0 Å². The van der Waals surface area contributed by atoms with E-state index in [0.717, 1.165) is 11.9 Å². The molecule has 11 heavy (non-hydrogen) atoms. The molecule has 2 rings (SSSR count). The first-order chi connectivity index (χ1) is 5.40. The summed E-state index contributed by atoms with van der Waals surface area (Å²) in [5.74, 6) is 0. The van der Waals surface area contributed by atoms with E-state index >= 15 is 0 Å². The Morgan fingerprint density at radius 1 is 1.55 bits per heavy atom. The molecule has 0 bridgehead atoms. The van der Waals surface area contributed by atoms with E-state index in [1.54, 1.807) is 17.5 Å². The van der Waals surface area contributed by atoms with Crippen LogP contribution in [0.1, 0.15) is 11.9 Å². The molecule has 2 aromatic heterocycles. The van der Waals surface area contributed by atoms with E-state index in [2.05, 4.69) is 16.9 Å². The van der Waals surface area contributed by atoms with Gasteiger partial charge in [-0.2, -0.15) is 0 Å². The maximum atomic E-state index is 4.39. The summed E-state index contributed by atoms with van der Waals surface area (Å²) in [6.45, 7) is 2.12. The smallest absolute Gasteiger partial charge is 0.0998 e. The molecule has 0 spiro atoms. The Balaban J connectivity index is 2.69. The number of rotatable bonds is 1. The molecule has 3 heteroatoms. The number of aromatic nitrogens is 2. The normalized spacial score (nSPS) is 10.6. The number of pyridine rings is 1. The number of hydrogen-bond donors (Lipinski definition) is 0. The molecule has 0 aliphatic carbocycles. The predicted molar refractivity (Wildman–Crippen MR) is 46.8 cm³/mol. The van der Waals surface area contributed by atoms with Crippen molar-refractivity contribution in [1.29, 1.82) is 0 Å². The number of nitrogens with zero attached hydrogens (tertiary/aromatic N) is 2. The fourth-order valence-electron chi connectivity index (χ4n) is 0.979. The lowest BCUT2D eigenvalue weighted by atomic mass is 10.4. The van der Waals surface area contributed by atoms with E-state index in [0.29, 0.717) is 0 Å². The van der Waals surface area contributed by atoms with Gasteiger partial charge in [0.15, 0.2) is 0 Å². The summed E-state index contributed by atoms with van der Waals surface area (Å²) in [6.07, 6.45) is 4.63. The second-order valence-corrected chi connectivity index (χ2v) is 3.42. The van der Waals surface area contributed by atoms with Gasteiger partial charge in [0.1, 0.15) is 0 Å². The van der Waals surface area contributed by atoms with Crippen molar-refractivity contribution in [1.82, 2.24) is 9.97 Å². The molecule has 0 fully saturated rings. The summed E-state index contributed by atoms with van der Waals surface area (Å²) < 4.78 is 1.23. The van der Waals surface area contributed by atoms with Crippen molar-refractivity contribution in [3.05, 3.63) is 23.5 Å². The Kier molecular flexibility index (Phi) is 1.58. The monoisotopic (exact) mass is 164 g/mol. The Labute approximate surface area is 68.9 Å². The van der Waals surface area contributed by atoms with Gasteiger partial charge < -0.3 is 0 Å². The molecule has 0 radical (unpaired) electrons. The zero-order valence-corrected chi connectivity index (χ0v) is 7.06. The standard InChI is InChI=1S/C8H8N2S/c1-2-8-10-6-5-9-4-3-7(6)11-8/h3-5H,2H2,1H3. The Hall–Kier alpha value is -0.960. The number of hydrogen-bond acceptors (Lipinski definition) is 3. The fourth-order valence-corrected chi connectivity index (χ4v) is 1.85. The molecule has 0 aliphatic rings. The van der Waals surface area contributed by atoms with Gasteiger partial charge in [-0.1, -0.05) is 6.92 Å². The SMILES string of the molecule is CCc1nc2cnccc2s1. The highest BCUT2D eigenvalue weighted by Crippen LogP contribution is 2.20. The molecular weight excluding hydrogens is 156 g/mol. The van der Waals surface area contributed by atoms with Gasteiger partial charge in [0.2, 0.25) is 0 Å². The third-order valence-electron chi connectivity index (χ3n) is 1.54. The number of aryl methyl sites for hydroxylation is 1. The molecule has 0 unspecified atom stereocenters. The summed E-state index contributed by atoms with van der Waals surface area (Å²) in [4.78, 5) is 8.39. The minimum Gasteiger partial charge on any atom is -0.262 e. The van der Waals surface area contributed by atoms with Crippen LogP contribution in [0.4, 0.5) is 0 Å². The summed E-state index contributed by atoms with van der Waals surface area (Å²) in [6, 6.07) is 2.01. The van der Waals surface area contributed by atoms with Crippen LogP contribution in [0.2, 0.25) is 0 Å². The van der Waals surface area contributed by atoms with Crippen LogP contribution < -0.4 is 0 Å². The van der Waals surface area contributed by atoms with Gasteiger partial charge in [-0.3, -0.25) is 4.98 Å². The van der Waals surface area contributed by atoms with E-state index < -0.39 is 0 Å². The predicted octanol–water partition coefficient (Wildman–Crippen LogP) is 2.25. The van der Waals surface area contributed by atoms with Gasteiger partial charge in [-0.15, -0.1) is 11.3 Å². The first-order valence-corrected chi connectivity index (χ1v) is 4.41. The second-order valence-electron chi connectivity index (χ2n) is 2.30. The maximum absolute atomic E-state index is 4.39. The van der Waals surface area contributed by atoms with Gasteiger partial charge in [0.05, 0.1) is 21.4 Å². The van der Waals surface area contributed by atoms with Crippen LogP contribution in [-0.2, 0) is 6.42 Å². The lowest BCUT2D eigenvalue weighted by Crippen LogP contribution is -1.74. The van der Waals surface area contributed by atoms with E-state index in [9.17, 15) is 0 Å². The van der Waals surface area contributed by atoms with Gasteiger partial charge in [-0.25, -0.2) is 4.98 Å². The first kappa shape index (κ1) is 6.73. The van der Waals surface area contributed by atoms with Crippen LogP contribution in [0.15, 0.2) is 18.5 Å². The fraction of sp³-hybridized carbons (Fsp3) is 0.250. The molecule has 0 saturated heterocycles. The van der Waals surface area contributed by atoms with Crippen LogP contribution in [0.3, 0.4) is 0 Å². The van der Waals surface area contributed by atoms with E-state index in [1.165, 1.54) is 9.71 Å². The topological polar surface area (TPSA) is 25.8 Å². The van der Waals surface area contributed by atoms with E-state index in [-0.39, 0.29) is 0 Å². The molecule has 2 aromatic rings. The minimum atomic E-state index is 1.01. The highest BCUT2D eigenvalue weighted by molar-refractivity contribution is 7.18. The van der Waals surface area contributed by atoms with Gasteiger partial charge in [0, 0.05) is 6.20 Å². The minimum absolute atomic E-state index is 1.01. The van der Waals surface area contributed by atoms with Crippen molar-refractivity contribution < 1.29 is 0 Å². The largest absolute Gasteiger partial charge is 0.262 e. The molecule has 0 atom stereocenters. The summed E-state index contributed by atoms with van der Waals surface area (Å²) in [5.41, 5.74) is 1.02. The van der Waals surface area contributed by atoms with Crippen molar-refractivity contribution in [2.45, 2.75) is 13.3 Å². The van der Waals surface area contributed by atoms with Crippen LogP contribution in [0.5, 0.6) is 0 Å². The number of thiazole rings is 1. The number of fused-ring (bicyclic) bond motifs is 1. The molecule has 0 amide bonds. The Morgan fingerprint density at radius 3 is 3.18 bits per heavy atom. The molecule has 2 heterocycles. The Bertz CT molecular complexity index is 334. The summed E-state index contributed by atoms with van der Waals surface area (Å²) >= 11 is 1.75. The lowest BCUT2D eigenvalue weighted by Gasteiger charge is -1.80. The van der Waals surface area contributed by atoms with Gasteiger partial charge in [-0.05, 0) is 12.5 Å². The third kappa shape index (κ3) is 1.12. The van der Waals surface area contributed by atoms with Crippen molar-refractivity contribution in [2.75, 3.05) is 0 Å². The van der Waals surface area contributed by atoms with Crippen LogP contribution in [-0.4, -0.2) is 9.97 Å². The van der Waals surface area contributed by atoms with Crippen molar-refractivity contribution in [2.24, 2.45) is 0 Å². The molecule has 56 valence electrons. The molecular formula is C8H8N2S. The first-order valence-electron chi connectivity index (χ1n) is 3.59. The van der Waals surface area contributed by atoms with Crippen molar-refractivity contribution in [3.63, 3.8) is 0 Å². The van der Waals surface area contributed by atoms with Crippen molar-refractivity contribution >= 4 is 21.6 Å². The molecule has 0 aliphatic heterocycles. The van der Waals surface area contributed by atoms with E-state index in [4.69, 9.17) is 0 Å². The van der Waals surface area contributed by atoms with Gasteiger partial charge in [0.25, 0.3) is 0 Å². The van der Waals surface area contributed by atoms with Crippen LogP contribution >= 0.6 is 11.3 Å². The zero-order chi connectivity index (χ0) is 7.68. The lowest BCUT2D eigenvalue weighted by molar-refractivity contribution is 1.11. The van der Waals surface area contributed by atoms with Crippen LogP contribution in [0.25, 0.3) is 10.2 Å².